The summed E-state index contributed by atoms with van der Waals surface area (Å²) >= 11 is 0. The van der Waals surface area contributed by atoms with Crippen LogP contribution in [0.2, 0.25) is 0 Å². The second-order valence-corrected chi connectivity index (χ2v) is 13.3. The maximum atomic E-state index is 12.2. The number of hydrogen-bond acceptors (Lipinski definition) is 6. The quantitative estimate of drug-likeness (QED) is 0.337. The van der Waals surface area contributed by atoms with Crippen LogP contribution in [0.15, 0.2) is 35.4 Å². The van der Waals surface area contributed by atoms with Crippen molar-refractivity contribution in [1.82, 2.24) is 0 Å². The molecule has 1 aromatic rings. The van der Waals surface area contributed by atoms with Gasteiger partial charge >= 0.3 is 0 Å². The number of ether oxygens (including phenoxy) is 5. The molecule has 1 spiro atoms. The van der Waals surface area contributed by atoms with Gasteiger partial charge < -0.3 is 28.8 Å². The first-order valence-electron chi connectivity index (χ1n) is 15.4. The molecule has 39 heavy (non-hydrogen) atoms. The van der Waals surface area contributed by atoms with E-state index in [2.05, 4.69) is 31.2 Å². The van der Waals surface area contributed by atoms with Gasteiger partial charge in [-0.2, -0.15) is 0 Å². The van der Waals surface area contributed by atoms with Crippen LogP contribution in [0.1, 0.15) is 95.5 Å². The lowest BCUT2D eigenvalue weighted by molar-refractivity contribution is -0.208. The summed E-state index contributed by atoms with van der Waals surface area (Å²) in [5.41, 5.74) is 4.56. The third-order valence-corrected chi connectivity index (χ3v) is 11.8. The Kier molecular flexibility index (Phi) is 6.39. The fraction of sp³-hybridized carbons (Fsp3) is 0.758. The highest BCUT2D eigenvalue weighted by Crippen LogP contribution is 2.77. The molecule has 0 bridgehead atoms. The highest BCUT2D eigenvalue weighted by Gasteiger charge is 2.76. The van der Waals surface area contributed by atoms with Gasteiger partial charge in [0.2, 0.25) is 0 Å². The Balaban J connectivity index is 1.30. The maximum Gasteiger partial charge on any atom is 0.183 e. The Labute approximate surface area is 233 Å². The van der Waals surface area contributed by atoms with Gasteiger partial charge in [-0.3, -0.25) is 0 Å². The summed E-state index contributed by atoms with van der Waals surface area (Å²) in [5.74, 6) is 1.47. The van der Waals surface area contributed by atoms with Crippen LogP contribution in [-0.2, 0) is 23.7 Å². The van der Waals surface area contributed by atoms with Gasteiger partial charge in [0.25, 0.3) is 0 Å². The lowest BCUT2D eigenvalue weighted by atomic mass is 9.50. The predicted octanol–water partition coefficient (Wildman–Crippen LogP) is 6.04. The molecule has 0 radical (unpaired) electrons. The molecule has 5 aliphatic carbocycles. The molecule has 1 N–H and O–H groups in total. The molecule has 1 heterocycles. The topological polar surface area (TPSA) is 66.4 Å². The van der Waals surface area contributed by atoms with Gasteiger partial charge in [-0.1, -0.05) is 36.8 Å². The minimum Gasteiger partial charge on any atom is -0.385 e. The van der Waals surface area contributed by atoms with Gasteiger partial charge in [-0.25, -0.2) is 0 Å². The molecule has 4 saturated carbocycles. The van der Waals surface area contributed by atoms with Gasteiger partial charge in [0.05, 0.1) is 24.4 Å². The second-order valence-electron chi connectivity index (χ2n) is 13.3. The normalized spacial score (nSPS) is 41.9. The van der Waals surface area contributed by atoms with E-state index in [0.717, 1.165) is 37.7 Å². The Morgan fingerprint density at radius 3 is 2.41 bits per heavy atom. The fourth-order valence-electron chi connectivity index (χ4n) is 10.1. The first-order chi connectivity index (χ1) is 18.8. The van der Waals surface area contributed by atoms with Crippen LogP contribution >= 0.6 is 0 Å². The van der Waals surface area contributed by atoms with Crippen LogP contribution in [0.25, 0.3) is 0 Å². The van der Waals surface area contributed by atoms with E-state index in [4.69, 9.17) is 23.7 Å². The number of fused-ring (bicyclic) bond motifs is 6. The third-order valence-electron chi connectivity index (χ3n) is 11.8. The molecule has 7 rings (SSSR count). The number of benzene rings is 1. The zero-order valence-corrected chi connectivity index (χ0v) is 24.2. The number of allylic oxidation sites excluding steroid dienone is 1. The summed E-state index contributed by atoms with van der Waals surface area (Å²) < 4.78 is 30.4. The van der Waals surface area contributed by atoms with E-state index < -0.39 is 11.4 Å². The summed E-state index contributed by atoms with van der Waals surface area (Å²) in [5, 5.41) is 12.2. The average Bonchev–Trinajstić information content (AvgIpc) is 3.40. The molecule has 0 amide bonds. The molecule has 7 atom stereocenters. The molecule has 0 aromatic heterocycles. The number of hydrogen-bond donors (Lipinski definition) is 1. The van der Waals surface area contributed by atoms with Crippen molar-refractivity contribution in [2.45, 2.75) is 101 Å². The van der Waals surface area contributed by atoms with Crippen LogP contribution in [0.3, 0.4) is 0 Å². The van der Waals surface area contributed by atoms with Crippen LogP contribution in [0.5, 0.6) is 0 Å². The Bertz CT molecular complexity index is 1110. The van der Waals surface area contributed by atoms with E-state index in [9.17, 15) is 5.11 Å². The molecular formula is C33H46O6. The molecule has 6 aliphatic rings. The van der Waals surface area contributed by atoms with Crippen molar-refractivity contribution >= 4 is 0 Å². The van der Waals surface area contributed by atoms with Crippen molar-refractivity contribution in [3.63, 3.8) is 0 Å². The fourth-order valence-corrected chi connectivity index (χ4v) is 10.1. The molecule has 1 saturated heterocycles. The molecule has 0 unspecified atom stereocenters. The van der Waals surface area contributed by atoms with Crippen molar-refractivity contribution in [2.75, 3.05) is 33.5 Å². The Morgan fingerprint density at radius 1 is 1.03 bits per heavy atom. The van der Waals surface area contributed by atoms with Gasteiger partial charge in [0, 0.05) is 50.1 Å². The van der Waals surface area contributed by atoms with Crippen molar-refractivity contribution in [2.24, 2.45) is 23.2 Å². The van der Waals surface area contributed by atoms with Crippen molar-refractivity contribution in [3.8, 4) is 0 Å². The first kappa shape index (κ1) is 26.6. The van der Waals surface area contributed by atoms with Gasteiger partial charge in [-0.05, 0) is 81.3 Å². The molecule has 1 aliphatic heterocycles. The van der Waals surface area contributed by atoms with E-state index in [1.165, 1.54) is 29.6 Å². The molecule has 214 valence electrons. The minimum atomic E-state index is -0.837. The third kappa shape index (κ3) is 3.81. The van der Waals surface area contributed by atoms with Crippen molar-refractivity contribution in [1.29, 1.82) is 0 Å². The van der Waals surface area contributed by atoms with E-state index in [1.54, 1.807) is 0 Å². The molecule has 6 nitrogen and oxygen atoms in total. The van der Waals surface area contributed by atoms with Crippen molar-refractivity contribution in [3.05, 3.63) is 46.5 Å². The largest absolute Gasteiger partial charge is 0.385 e. The number of methoxy groups -OCH3 is 1. The smallest absolute Gasteiger partial charge is 0.183 e. The van der Waals surface area contributed by atoms with E-state index in [1.807, 2.05) is 21.0 Å². The molecule has 1 aromatic carbocycles. The lowest BCUT2D eigenvalue weighted by Crippen LogP contribution is -2.54. The second kappa shape index (κ2) is 9.37. The predicted molar refractivity (Wildman–Crippen MR) is 147 cm³/mol. The van der Waals surface area contributed by atoms with Crippen LogP contribution in [-0.4, -0.2) is 55.6 Å². The van der Waals surface area contributed by atoms with Crippen LogP contribution in [0, 0.1) is 23.2 Å². The standard InChI is InChI=1S/C33H46O6/c1-5-36-29(37-6-2)22-9-7-21(8-10-22)25-19-30(3)27(17-23-18-33(23,30)35-4)24-11-13-31(34)20-32(38-15-16-39-32)14-12-26(31)28(24)25/h7-10,23-25,27,29,34H,5-6,11-20H2,1-4H3/t23-,24-,25+,27-,30-,31+,33+/m0/s1. The monoisotopic (exact) mass is 538 g/mol. The summed E-state index contributed by atoms with van der Waals surface area (Å²) in [6.45, 7) is 9.02. The van der Waals surface area contributed by atoms with E-state index >= 15 is 0 Å². The van der Waals surface area contributed by atoms with Gasteiger partial charge in [0.1, 0.15) is 0 Å². The summed E-state index contributed by atoms with van der Waals surface area (Å²) in [7, 11) is 1.94. The molecule has 6 heteroatoms. The Hall–Kier alpha value is -1.28. The summed E-state index contributed by atoms with van der Waals surface area (Å²) in [4.78, 5) is 0. The minimum absolute atomic E-state index is 0.0248. The number of aliphatic hydroxyl groups is 1. The summed E-state index contributed by atoms with van der Waals surface area (Å²) in [6.07, 6.45) is 7.29. The van der Waals surface area contributed by atoms with Crippen LogP contribution in [0.4, 0.5) is 0 Å². The summed E-state index contributed by atoms with van der Waals surface area (Å²) in [6, 6.07) is 8.95. The van der Waals surface area contributed by atoms with Crippen molar-refractivity contribution < 1.29 is 28.8 Å². The Morgan fingerprint density at radius 2 is 1.74 bits per heavy atom. The number of rotatable bonds is 7. The maximum absolute atomic E-state index is 12.2. The zero-order chi connectivity index (χ0) is 27.0. The van der Waals surface area contributed by atoms with Gasteiger partial charge in [-0.15, -0.1) is 0 Å². The highest BCUT2D eigenvalue weighted by atomic mass is 16.7. The highest BCUT2D eigenvalue weighted by molar-refractivity contribution is 5.45. The SMILES string of the molecule is CCOC(OCC)c1ccc([C@H]2C[C@@]3(C)[C@@H](C[C@H]4C[C@@]43OC)[C@@H]3CC[C@@]4(O)CC5(CCC4=C32)OCCO5)cc1. The molecular weight excluding hydrogens is 492 g/mol. The lowest BCUT2D eigenvalue weighted by Gasteiger charge is -2.57. The zero-order valence-electron chi connectivity index (χ0n) is 24.2. The van der Waals surface area contributed by atoms with E-state index in [0.29, 0.717) is 50.6 Å². The van der Waals surface area contributed by atoms with Gasteiger partial charge in [0.15, 0.2) is 12.1 Å². The van der Waals surface area contributed by atoms with E-state index in [-0.39, 0.29) is 23.2 Å². The van der Waals surface area contributed by atoms with Crippen LogP contribution < -0.4 is 0 Å². The first-order valence-corrected chi connectivity index (χ1v) is 15.4. The average molecular weight is 539 g/mol. The molecule has 5 fully saturated rings.